The predicted molar refractivity (Wildman–Crippen MR) is 54.1 cm³/mol. The first kappa shape index (κ1) is 10.5. The molecule has 1 saturated carbocycles. The molecule has 0 radical (unpaired) electrons. The molecule has 1 spiro atoms. The SMILES string of the molecule is COC(=O)[C@@H]1CCC2(CC2)N(C(C)=O)C1. The molecule has 4 heteroatoms. The Morgan fingerprint density at radius 3 is 2.47 bits per heavy atom. The number of ether oxygens (including phenoxy) is 1. The molecular weight excluding hydrogens is 194 g/mol. The fourth-order valence-electron chi connectivity index (χ4n) is 2.57. The Kier molecular flexibility index (Phi) is 2.44. The third-order valence-corrected chi connectivity index (χ3v) is 3.68. The average Bonchev–Trinajstić information content (AvgIpc) is 2.98. The minimum Gasteiger partial charge on any atom is -0.469 e. The number of piperidine rings is 1. The zero-order chi connectivity index (χ0) is 11.1. The van der Waals surface area contributed by atoms with Gasteiger partial charge in [0.25, 0.3) is 0 Å². The first-order valence-electron chi connectivity index (χ1n) is 5.45. The van der Waals surface area contributed by atoms with Crippen LogP contribution in [0.3, 0.4) is 0 Å². The molecule has 0 aromatic heterocycles. The second kappa shape index (κ2) is 3.51. The van der Waals surface area contributed by atoms with E-state index in [2.05, 4.69) is 0 Å². The van der Waals surface area contributed by atoms with E-state index in [4.69, 9.17) is 4.74 Å². The lowest BCUT2D eigenvalue weighted by Gasteiger charge is -2.38. The van der Waals surface area contributed by atoms with Crippen LogP contribution in [0.15, 0.2) is 0 Å². The summed E-state index contributed by atoms with van der Waals surface area (Å²) >= 11 is 0. The van der Waals surface area contributed by atoms with Crippen molar-refractivity contribution >= 4 is 11.9 Å². The monoisotopic (exact) mass is 211 g/mol. The Bertz CT molecular complexity index is 296. The Labute approximate surface area is 89.6 Å². The maximum atomic E-state index is 11.5. The number of hydrogen-bond acceptors (Lipinski definition) is 3. The smallest absolute Gasteiger partial charge is 0.310 e. The molecule has 2 aliphatic rings. The fourth-order valence-corrected chi connectivity index (χ4v) is 2.57. The number of hydrogen-bond donors (Lipinski definition) is 0. The first-order chi connectivity index (χ1) is 7.09. The molecule has 15 heavy (non-hydrogen) atoms. The number of amides is 1. The van der Waals surface area contributed by atoms with Crippen LogP contribution < -0.4 is 0 Å². The third-order valence-electron chi connectivity index (χ3n) is 3.68. The molecule has 4 nitrogen and oxygen atoms in total. The predicted octanol–water partition coefficient (Wildman–Crippen LogP) is 0.950. The summed E-state index contributed by atoms with van der Waals surface area (Å²) in [5, 5.41) is 0. The summed E-state index contributed by atoms with van der Waals surface area (Å²) in [6, 6.07) is 0. The molecule has 1 atom stereocenters. The summed E-state index contributed by atoms with van der Waals surface area (Å²) < 4.78 is 4.73. The van der Waals surface area contributed by atoms with Crippen LogP contribution in [0.5, 0.6) is 0 Å². The van der Waals surface area contributed by atoms with Crippen LogP contribution in [0.1, 0.15) is 32.6 Å². The average molecular weight is 211 g/mol. The van der Waals surface area contributed by atoms with E-state index >= 15 is 0 Å². The van der Waals surface area contributed by atoms with Gasteiger partial charge in [-0.2, -0.15) is 0 Å². The summed E-state index contributed by atoms with van der Waals surface area (Å²) in [6.45, 7) is 2.13. The van der Waals surface area contributed by atoms with Gasteiger partial charge in [-0.3, -0.25) is 9.59 Å². The molecule has 2 fully saturated rings. The lowest BCUT2D eigenvalue weighted by atomic mass is 9.91. The lowest BCUT2D eigenvalue weighted by Crippen LogP contribution is -2.49. The van der Waals surface area contributed by atoms with Gasteiger partial charge in [0.15, 0.2) is 0 Å². The standard InChI is InChI=1S/C11H17NO3/c1-8(13)12-7-9(10(14)15-2)3-4-11(12)5-6-11/h9H,3-7H2,1-2H3/t9-/m1/s1. The van der Waals surface area contributed by atoms with Crippen molar-refractivity contribution in [2.75, 3.05) is 13.7 Å². The molecule has 1 saturated heterocycles. The van der Waals surface area contributed by atoms with Crippen LogP contribution in [0, 0.1) is 5.92 Å². The topological polar surface area (TPSA) is 46.6 Å². The van der Waals surface area contributed by atoms with E-state index in [9.17, 15) is 9.59 Å². The van der Waals surface area contributed by atoms with Crippen molar-refractivity contribution in [3.63, 3.8) is 0 Å². The molecule has 1 amide bonds. The number of likely N-dealkylation sites (tertiary alicyclic amines) is 1. The second-order valence-electron chi connectivity index (χ2n) is 4.61. The highest BCUT2D eigenvalue weighted by Crippen LogP contribution is 2.49. The molecule has 1 heterocycles. The summed E-state index contributed by atoms with van der Waals surface area (Å²) in [7, 11) is 1.40. The van der Waals surface area contributed by atoms with Crippen LogP contribution in [0.2, 0.25) is 0 Å². The number of nitrogens with zero attached hydrogens (tertiary/aromatic N) is 1. The van der Waals surface area contributed by atoms with Crippen molar-refractivity contribution in [1.82, 2.24) is 4.90 Å². The van der Waals surface area contributed by atoms with Crippen molar-refractivity contribution in [2.45, 2.75) is 38.1 Å². The molecule has 2 rings (SSSR count). The molecule has 0 aromatic rings. The number of carbonyl (C=O) groups excluding carboxylic acids is 2. The van der Waals surface area contributed by atoms with Gasteiger partial charge >= 0.3 is 5.97 Å². The van der Waals surface area contributed by atoms with Gasteiger partial charge in [-0.15, -0.1) is 0 Å². The second-order valence-corrected chi connectivity index (χ2v) is 4.61. The van der Waals surface area contributed by atoms with E-state index in [0.29, 0.717) is 6.54 Å². The summed E-state index contributed by atoms with van der Waals surface area (Å²) in [6.07, 6.45) is 4.00. The molecule has 0 bridgehead atoms. The Balaban J connectivity index is 2.06. The van der Waals surface area contributed by atoms with Gasteiger partial charge in [0, 0.05) is 19.0 Å². The number of carbonyl (C=O) groups is 2. The van der Waals surface area contributed by atoms with Gasteiger partial charge in [-0.25, -0.2) is 0 Å². The van der Waals surface area contributed by atoms with E-state index in [1.807, 2.05) is 4.90 Å². The van der Waals surface area contributed by atoms with E-state index < -0.39 is 0 Å². The van der Waals surface area contributed by atoms with E-state index in [1.165, 1.54) is 7.11 Å². The number of rotatable bonds is 1. The quantitative estimate of drug-likeness (QED) is 0.607. The largest absolute Gasteiger partial charge is 0.469 e. The molecule has 0 N–H and O–H groups in total. The summed E-state index contributed by atoms with van der Waals surface area (Å²) in [5.74, 6) is -0.219. The van der Waals surface area contributed by atoms with Crippen molar-refractivity contribution < 1.29 is 14.3 Å². The zero-order valence-electron chi connectivity index (χ0n) is 9.28. The van der Waals surface area contributed by atoms with Gasteiger partial charge < -0.3 is 9.64 Å². The Hall–Kier alpha value is -1.06. The fraction of sp³-hybridized carbons (Fsp3) is 0.818. The van der Waals surface area contributed by atoms with Gasteiger partial charge in [-0.05, 0) is 25.7 Å². The molecule has 1 aliphatic heterocycles. The molecule has 0 unspecified atom stereocenters. The minimum atomic E-state index is -0.184. The van der Waals surface area contributed by atoms with Crippen LogP contribution in [-0.4, -0.2) is 36.0 Å². The molecule has 84 valence electrons. The molecular formula is C11H17NO3. The van der Waals surface area contributed by atoms with Crippen LogP contribution in [-0.2, 0) is 14.3 Å². The summed E-state index contributed by atoms with van der Waals surface area (Å²) in [5.41, 5.74) is 0.107. The Morgan fingerprint density at radius 1 is 1.33 bits per heavy atom. The minimum absolute atomic E-state index is 0.0844. The normalized spacial score (nSPS) is 27.6. The van der Waals surface area contributed by atoms with E-state index in [0.717, 1.165) is 25.7 Å². The van der Waals surface area contributed by atoms with Gasteiger partial charge in [-0.1, -0.05) is 0 Å². The highest BCUT2D eigenvalue weighted by atomic mass is 16.5. The van der Waals surface area contributed by atoms with Crippen LogP contribution >= 0.6 is 0 Å². The van der Waals surface area contributed by atoms with Crippen LogP contribution in [0.4, 0.5) is 0 Å². The number of methoxy groups -OCH3 is 1. The molecule has 0 aromatic carbocycles. The maximum absolute atomic E-state index is 11.5. The first-order valence-corrected chi connectivity index (χ1v) is 5.45. The van der Waals surface area contributed by atoms with E-state index in [-0.39, 0.29) is 23.3 Å². The maximum Gasteiger partial charge on any atom is 0.310 e. The zero-order valence-corrected chi connectivity index (χ0v) is 9.28. The lowest BCUT2D eigenvalue weighted by molar-refractivity contribution is -0.150. The molecule has 1 aliphatic carbocycles. The van der Waals surface area contributed by atoms with Crippen molar-refractivity contribution in [3.8, 4) is 0 Å². The van der Waals surface area contributed by atoms with Crippen molar-refractivity contribution in [2.24, 2.45) is 5.92 Å². The van der Waals surface area contributed by atoms with Gasteiger partial charge in [0.2, 0.25) is 5.91 Å². The van der Waals surface area contributed by atoms with E-state index in [1.54, 1.807) is 6.92 Å². The summed E-state index contributed by atoms with van der Waals surface area (Å²) in [4.78, 5) is 24.8. The highest BCUT2D eigenvalue weighted by molar-refractivity contribution is 5.78. The van der Waals surface area contributed by atoms with Gasteiger partial charge in [0.1, 0.15) is 0 Å². The Morgan fingerprint density at radius 2 is 2.00 bits per heavy atom. The van der Waals surface area contributed by atoms with Gasteiger partial charge in [0.05, 0.1) is 13.0 Å². The third kappa shape index (κ3) is 1.73. The van der Waals surface area contributed by atoms with Crippen LogP contribution in [0.25, 0.3) is 0 Å². The van der Waals surface area contributed by atoms with Crippen molar-refractivity contribution in [3.05, 3.63) is 0 Å². The van der Waals surface area contributed by atoms with Crippen molar-refractivity contribution in [1.29, 1.82) is 0 Å². The number of esters is 1. The highest BCUT2D eigenvalue weighted by Gasteiger charge is 2.52.